The van der Waals surface area contributed by atoms with E-state index in [-0.39, 0.29) is 5.16 Å². The molecule has 5 nitrogen and oxygen atoms in total. The van der Waals surface area contributed by atoms with Gasteiger partial charge in [0.2, 0.25) is 15.0 Å². The second kappa shape index (κ2) is 3.22. The van der Waals surface area contributed by atoms with Gasteiger partial charge in [0.25, 0.3) is 0 Å². The van der Waals surface area contributed by atoms with E-state index in [2.05, 4.69) is 19.4 Å². The van der Waals surface area contributed by atoms with Gasteiger partial charge in [-0.2, -0.15) is 0 Å². The maximum atomic E-state index is 11.2. The number of rotatable bonds is 1. The van der Waals surface area contributed by atoms with Gasteiger partial charge in [0.05, 0.1) is 5.69 Å². The standard InChI is InChI=1S/C7H10N3O2PS/c1-14(11,12)7-8-2-5-3-10(13)4-6(5)9-7/h2H,3-4,13H2,1H3. The van der Waals surface area contributed by atoms with E-state index in [1.165, 1.54) is 0 Å². The monoisotopic (exact) mass is 231 g/mol. The van der Waals surface area contributed by atoms with Crippen LogP contribution in [0, 0.1) is 0 Å². The van der Waals surface area contributed by atoms with E-state index in [0.717, 1.165) is 24.1 Å². The van der Waals surface area contributed by atoms with Gasteiger partial charge >= 0.3 is 0 Å². The number of hydrogen-bond acceptors (Lipinski definition) is 5. The molecule has 1 aliphatic rings. The Hall–Kier alpha value is -0.580. The van der Waals surface area contributed by atoms with Crippen molar-refractivity contribution in [3.05, 3.63) is 17.5 Å². The summed E-state index contributed by atoms with van der Waals surface area (Å²) in [4.78, 5) is 7.84. The van der Waals surface area contributed by atoms with Crippen molar-refractivity contribution in [3.63, 3.8) is 0 Å². The second-order valence-corrected chi connectivity index (χ2v) is 5.94. The van der Waals surface area contributed by atoms with Gasteiger partial charge in [-0.1, -0.05) is 9.39 Å². The summed E-state index contributed by atoms with van der Waals surface area (Å²) in [6, 6.07) is 0. The molecule has 0 N–H and O–H groups in total. The molecule has 0 fully saturated rings. The van der Waals surface area contributed by atoms with Gasteiger partial charge < -0.3 is 0 Å². The summed E-state index contributed by atoms with van der Waals surface area (Å²) in [5.74, 6) is 0. The molecule has 0 amide bonds. The van der Waals surface area contributed by atoms with Crippen molar-refractivity contribution in [1.29, 1.82) is 0 Å². The highest BCUT2D eigenvalue weighted by Gasteiger charge is 2.20. The van der Waals surface area contributed by atoms with Crippen LogP contribution in [0.3, 0.4) is 0 Å². The van der Waals surface area contributed by atoms with Gasteiger partial charge in [0.1, 0.15) is 0 Å². The molecule has 2 rings (SSSR count). The van der Waals surface area contributed by atoms with Crippen LogP contribution in [-0.4, -0.2) is 29.3 Å². The third-order valence-corrected chi connectivity index (χ3v) is 3.22. The number of sulfone groups is 1. The van der Waals surface area contributed by atoms with Crippen molar-refractivity contribution >= 4 is 19.2 Å². The van der Waals surface area contributed by atoms with Crippen molar-refractivity contribution in [2.45, 2.75) is 18.2 Å². The first-order chi connectivity index (χ1) is 6.47. The van der Waals surface area contributed by atoms with E-state index in [1.807, 2.05) is 4.67 Å². The predicted octanol–water partition coefficient (Wildman–Crippen LogP) is -0.0142. The number of hydrogen-bond donors (Lipinski definition) is 0. The largest absolute Gasteiger partial charge is 0.277 e. The molecule has 2 heterocycles. The lowest BCUT2D eigenvalue weighted by Gasteiger charge is -2.01. The highest BCUT2D eigenvalue weighted by atomic mass is 32.2. The van der Waals surface area contributed by atoms with Crippen LogP contribution in [0.4, 0.5) is 0 Å². The van der Waals surface area contributed by atoms with E-state index < -0.39 is 9.84 Å². The normalized spacial score (nSPS) is 17.0. The van der Waals surface area contributed by atoms with Gasteiger partial charge in [-0.15, -0.1) is 0 Å². The summed E-state index contributed by atoms with van der Waals surface area (Å²) >= 11 is 0. The van der Waals surface area contributed by atoms with Crippen LogP contribution in [0.5, 0.6) is 0 Å². The Morgan fingerprint density at radius 2 is 2.21 bits per heavy atom. The molecule has 1 aromatic rings. The van der Waals surface area contributed by atoms with Crippen molar-refractivity contribution in [3.8, 4) is 0 Å². The molecule has 0 aromatic carbocycles. The van der Waals surface area contributed by atoms with Crippen molar-refractivity contribution in [2.75, 3.05) is 6.26 Å². The first kappa shape index (κ1) is 9.96. The quantitative estimate of drug-likeness (QED) is 0.502. The average Bonchev–Trinajstić information content (AvgIpc) is 2.41. The first-order valence-electron chi connectivity index (χ1n) is 4.01. The van der Waals surface area contributed by atoms with Crippen molar-refractivity contribution in [1.82, 2.24) is 14.6 Å². The molecule has 0 saturated carbocycles. The molecule has 14 heavy (non-hydrogen) atoms. The molecule has 1 atom stereocenters. The minimum absolute atomic E-state index is 0.0865. The smallest absolute Gasteiger partial charge is 0.247 e. The van der Waals surface area contributed by atoms with Gasteiger partial charge in [0, 0.05) is 31.1 Å². The van der Waals surface area contributed by atoms with Crippen molar-refractivity contribution < 1.29 is 8.42 Å². The fourth-order valence-electron chi connectivity index (χ4n) is 1.34. The lowest BCUT2D eigenvalue weighted by atomic mass is 10.3. The Kier molecular flexibility index (Phi) is 2.29. The van der Waals surface area contributed by atoms with Crippen LogP contribution in [0.2, 0.25) is 0 Å². The highest BCUT2D eigenvalue weighted by molar-refractivity contribution is 7.90. The minimum atomic E-state index is -3.29. The SMILES string of the molecule is CS(=O)(=O)c1ncc2c(n1)CN(P)C2. The predicted molar refractivity (Wildman–Crippen MR) is 54.1 cm³/mol. The molecule has 76 valence electrons. The van der Waals surface area contributed by atoms with Crippen LogP contribution >= 0.6 is 9.39 Å². The van der Waals surface area contributed by atoms with Gasteiger partial charge in [-0.25, -0.2) is 18.4 Å². The number of aromatic nitrogens is 2. The van der Waals surface area contributed by atoms with Crippen LogP contribution < -0.4 is 0 Å². The molecule has 1 aliphatic heterocycles. The topological polar surface area (TPSA) is 63.2 Å². The van der Waals surface area contributed by atoms with E-state index in [4.69, 9.17) is 0 Å². The number of nitrogens with zero attached hydrogens (tertiary/aromatic N) is 3. The summed E-state index contributed by atoms with van der Waals surface area (Å²) < 4.78 is 24.3. The number of fused-ring (bicyclic) bond motifs is 1. The molecule has 0 saturated heterocycles. The van der Waals surface area contributed by atoms with Crippen LogP contribution in [0.15, 0.2) is 11.4 Å². The maximum absolute atomic E-state index is 11.2. The van der Waals surface area contributed by atoms with Gasteiger partial charge in [-0.05, 0) is 0 Å². The van der Waals surface area contributed by atoms with Gasteiger partial charge in [0.15, 0.2) is 0 Å². The van der Waals surface area contributed by atoms with Crippen LogP contribution in [0.25, 0.3) is 0 Å². The zero-order valence-electron chi connectivity index (χ0n) is 7.64. The molecule has 0 bridgehead atoms. The molecule has 0 spiro atoms. The van der Waals surface area contributed by atoms with Crippen molar-refractivity contribution in [2.24, 2.45) is 0 Å². The Morgan fingerprint density at radius 1 is 1.50 bits per heavy atom. The molecular weight excluding hydrogens is 221 g/mol. The highest BCUT2D eigenvalue weighted by Crippen LogP contribution is 2.23. The van der Waals surface area contributed by atoms with Gasteiger partial charge in [-0.3, -0.25) is 4.67 Å². The van der Waals surface area contributed by atoms with Crippen LogP contribution in [0.1, 0.15) is 11.3 Å². The van der Waals surface area contributed by atoms with E-state index in [1.54, 1.807) is 6.20 Å². The van der Waals surface area contributed by atoms with Crippen LogP contribution in [-0.2, 0) is 22.9 Å². The summed E-state index contributed by atoms with van der Waals surface area (Å²) in [6.07, 6.45) is 2.70. The zero-order chi connectivity index (χ0) is 10.3. The Morgan fingerprint density at radius 3 is 2.86 bits per heavy atom. The Bertz CT molecular complexity index is 474. The lowest BCUT2D eigenvalue weighted by molar-refractivity contribution is 0.504. The molecule has 1 unspecified atom stereocenters. The summed E-state index contributed by atoms with van der Waals surface area (Å²) in [5.41, 5.74) is 1.79. The Labute approximate surface area is 84.7 Å². The van der Waals surface area contributed by atoms with E-state index in [9.17, 15) is 8.42 Å². The molecule has 0 aliphatic carbocycles. The minimum Gasteiger partial charge on any atom is -0.277 e. The summed E-state index contributed by atoms with van der Waals surface area (Å²) in [7, 11) is -0.729. The average molecular weight is 231 g/mol. The Balaban J connectivity index is 2.48. The maximum Gasteiger partial charge on any atom is 0.247 e. The summed E-state index contributed by atoms with van der Waals surface area (Å²) in [6.45, 7) is 1.41. The fourth-order valence-corrected chi connectivity index (χ4v) is 2.23. The molecule has 0 radical (unpaired) electrons. The third-order valence-electron chi connectivity index (χ3n) is 1.99. The fraction of sp³-hybridized carbons (Fsp3) is 0.429. The second-order valence-electron chi connectivity index (χ2n) is 3.30. The first-order valence-corrected chi connectivity index (χ1v) is 6.42. The molecule has 1 aromatic heterocycles. The summed E-state index contributed by atoms with van der Waals surface area (Å²) in [5, 5.41) is -0.0865. The third kappa shape index (κ3) is 1.78. The molecule has 7 heteroatoms. The lowest BCUT2D eigenvalue weighted by Crippen LogP contribution is -2.06. The van der Waals surface area contributed by atoms with E-state index >= 15 is 0 Å². The molecular formula is C7H10N3O2PS. The zero-order valence-corrected chi connectivity index (χ0v) is 9.61. The van der Waals surface area contributed by atoms with E-state index in [0.29, 0.717) is 6.54 Å².